The fraction of sp³-hybridized carbons (Fsp3) is 0.353. The molecule has 2 aromatic rings. The van der Waals surface area contributed by atoms with Crippen molar-refractivity contribution in [3.63, 3.8) is 0 Å². The van der Waals surface area contributed by atoms with Crippen LogP contribution in [0.15, 0.2) is 28.9 Å². The lowest BCUT2D eigenvalue weighted by Gasteiger charge is -2.13. The summed E-state index contributed by atoms with van der Waals surface area (Å²) in [5.41, 5.74) is 0.0802. The molecule has 0 fully saturated rings. The number of aromatic nitrogens is 1. The van der Waals surface area contributed by atoms with Crippen molar-refractivity contribution < 1.29 is 28.2 Å². The van der Waals surface area contributed by atoms with Gasteiger partial charge in [0.1, 0.15) is 18.1 Å². The Morgan fingerprint density at radius 3 is 2.88 bits per heavy atom. The van der Waals surface area contributed by atoms with Crippen LogP contribution >= 0.6 is 0 Å². The van der Waals surface area contributed by atoms with Gasteiger partial charge in [-0.05, 0) is 18.6 Å². The Labute approximate surface area is 149 Å². The highest BCUT2D eigenvalue weighted by Crippen LogP contribution is 2.35. The second-order valence-electron chi connectivity index (χ2n) is 5.48. The third-order valence-electron chi connectivity index (χ3n) is 3.77. The van der Waals surface area contributed by atoms with Gasteiger partial charge in [-0.2, -0.15) is 0 Å². The summed E-state index contributed by atoms with van der Waals surface area (Å²) in [7, 11) is 1.51. The predicted molar refractivity (Wildman–Crippen MR) is 89.0 cm³/mol. The van der Waals surface area contributed by atoms with Gasteiger partial charge in [0.15, 0.2) is 23.8 Å². The highest BCUT2D eigenvalue weighted by Gasteiger charge is 2.21. The minimum absolute atomic E-state index is 0.0412. The van der Waals surface area contributed by atoms with E-state index in [0.717, 1.165) is 0 Å². The number of rotatable bonds is 7. The monoisotopic (exact) mass is 361 g/mol. The SMILES string of the molecule is CCC(NC(=O)c1coc(COc2ccc3c(c2)OCO3)n1)C(=O)NC. The Kier molecular flexibility index (Phi) is 5.26. The second kappa shape index (κ2) is 7.77. The number of ether oxygens (including phenoxy) is 3. The van der Waals surface area contributed by atoms with Gasteiger partial charge in [-0.15, -0.1) is 0 Å². The zero-order valence-corrected chi connectivity index (χ0v) is 14.4. The predicted octanol–water partition coefficient (Wildman–Crippen LogP) is 1.24. The van der Waals surface area contributed by atoms with Gasteiger partial charge in [0.05, 0.1) is 0 Å². The lowest BCUT2D eigenvalue weighted by atomic mass is 10.2. The number of carbonyl (C=O) groups excluding carboxylic acids is 2. The van der Waals surface area contributed by atoms with Gasteiger partial charge in [-0.3, -0.25) is 9.59 Å². The van der Waals surface area contributed by atoms with E-state index in [9.17, 15) is 9.59 Å². The summed E-state index contributed by atoms with van der Waals surface area (Å²) in [5.74, 6) is 1.31. The zero-order valence-electron chi connectivity index (χ0n) is 14.4. The molecule has 9 heteroatoms. The lowest BCUT2D eigenvalue weighted by molar-refractivity contribution is -0.122. The molecule has 1 atom stereocenters. The molecule has 138 valence electrons. The maximum absolute atomic E-state index is 12.2. The van der Waals surface area contributed by atoms with Crippen LogP contribution in [0, 0.1) is 0 Å². The molecule has 0 saturated carbocycles. The molecular weight excluding hydrogens is 342 g/mol. The minimum Gasteiger partial charge on any atom is -0.484 e. The van der Waals surface area contributed by atoms with E-state index in [1.165, 1.54) is 13.3 Å². The number of carbonyl (C=O) groups is 2. The van der Waals surface area contributed by atoms with Crippen molar-refractivity contribution in [2.45, 2.75) is 26.0 Å². The molecule has 2 N–H and O–H groups in total. The Morgan fingerprint density at radius 2 is 2.12 bits per heavy atom. The molecule has 2 amide bonds. The van der Waals surface area contributed by atoms with Crippen LogP contribution in [0.3, 0.4) is 0 Å². The van der Waals surface area contributed by atoms with Crippen molar-refractivity contribution in [2.75, 3.05) is 13.8 Å². The van der Waals surface area contributed by atoms with Crippen molar-refractivity contribution in [3.8, 4) is 17.2 Å². The molecule has 26 heavy (non-hydrogen) atoms. The number of hydrogen-bond acceptors (Lipinski definition) is 7. The molecule has 1 aromatic carbocycles. The molecule has 0 bridgehead atoms. The van der Waals surface area contributed by atoms with Gasteiger partial charge in [0.2, 0.25) is 18.6 Å². The van der Waals surface area contributed by atoms with Gasteiger partial charge in [-0.25, -0.2) is 4.98 Å². The zero-order chi connectivity index (χ0) is 18.5. The average Bonchev–Trinajstić information content (AvgIpc) is 3.32. The molecule has 1 aliphatic rings. The number of nitrogens with one attached hydrogen (secondary N) is 2. The van der Waals surface area contributed by atoms with Crippen LogP contribution in [0.2, 0.25) is 0 Å². The first-order valence-electron chi connectivity index (χ1n) is 8.10. The molecule has 0 spiro atoms. The quantitative estimate of drug-likeness (QED) is 0.763. The molecule has 3 rings (SSSR count). The third-order valence-corrected chi connectivity index (χ3v) is 3.77. The summed E-state index contributed by atoms with van der Waals surface area (Å²) in [5, 5.41) is 5.10. The van der Waals surface area contributed by atoms with Crippen molar-refractivity contribution in [1.82, 2.24) is 15.6 Å². The van der Waals surface area contributed by atoms with Crippen molar-refractivity contribution in [2.24, 2.45) is 0 Å². The highest BCUT2D eigenvalue weighted by atomic mass is 16.7. The Morgan fingerprint density at radius 1 is 1.31 bits per heavy atom. The van der Waals surface area contributed by atoms with E-state index in [1.54, 1.807) is 25.1 Å². The smallest absolute Gasteiger partial charge is 0.273 e. The molecule has 9 nitrogen and oxygen atoms in total. The second-order valence-corrected chi connectivity index (χ2v) is 5.48. The largest absolute Gasteiger partial charge is 0.484 e. The van der Waals surface area contributed by atoms with E-state index in [-0.39, 0.29) is 30.9 Å². The van der Waals surface area contributed by atoms with Crippen LogP contribution in [-0.4, -0.2) is 36.7 Å². The van der Waals surface area contributed by atoms with Gasteiger partial charge in [-0.1, -0.05) is 6.92 Å². The van der Waals surface area contributed by atoms with Gasteiger partial charge in [0.25, 0.3) is 5.91 Å². The number of amides is 2. The highest BCUT2D eigenvalue weighted by molar-refractivity contribution is 5.95. The van der Waals surface area contributed by atoms with Crippen LogP contribution < -0.4 is 24.8 Å². The summed E-state index contributed by atoms with van der Waals surface area (Å²) in [6.07, 6.45) is 1.69. The Hall–Kier alpha value is -3.23. The van der Waals surface area contributed by atoms with Crippen LogP contribution in [0.1, 0.15) is 29.7 Å². The maximum Gasteiger partial charge on any atom is 0.273 e. The van der Waals surface area contributed by atoms with E-state index in [1.807, 2.05) is 0 Å². The van der Waals surface area contributed by atoms with Crippen LogP contribution in [0.4, 0.5) is 0 Å². The van der Waals surface area contributed by atoms with Crippen LogP contribution in [0.5, 0.6) is 17.2 Å². The van der Waals surface area contributed by atoms with Gasteiger partial charge < -0.3 is 29.3 Å². The summed E-state index contributed by atoms with van der Waals surface area (Å²) in [4.78, 5) is 27.9. The molecule has 0 aliphatic carbocycles. The number of nitrogens with zero attached hydrogens (tertiary/aromatic N) is 1. The van der Waals surface area contributed by atoms with Crippen molar-refractivity contribution in [3.05, 3.63) is 36.0 Å². The molecular formula is C17H19N3O6. The average molecular weight is 361 g/mol. The Bertz CT molecular complexity index is 804. The minimum atomic E-state index is -0.627. The summed E-state index contributed by atoms with van der Waals surface area (Å²) in [6, 6.07) is 4.56. The van der Waals surface area contributed by atoms with E-state index in [0.29, 0.717) is 23.7 Å². The number of likely N-dealkylation sites (N-methyl/N-ethyl adjacent to an activating group) is 1. The topological polar surface area (TPSA) is 112 Å². The number of benzene rings is 1. The first kappa shape index (κ1) is 17.6. The number of oxazole rings is 1. The molecule has 1 unspecified atom stereocenters. The van der Waals surface area contributed by atoms with Crippen LogP contribution in [-0.2, 0) is 11.4 Å². The Balaban J connectivity index is 1.57. The molecule has 0 radical (unpaired) electrons. The van der Waals surface area contributed by atoms with Gasteiger partial charge in [0, 0.05) is 13.1 Å². The van der Waals surface area contributed by atoms with Crippen molar-refractivity contribution in [1.29, 1.82) is 0 Å². The maximum atomic E-state index is 12.2. The summed E-state index contributed by atoms with van der Waals surface area (Å²) < 4.78 is 21.3. The molecule has 1 aliphatic heterocycles. The molecule has 2 heterocycles. The lowest BCUT2D eigenvalue weighted by Crippen LogP contribution is -2.45. The fourth-order valence-corrected chi connectivity index (χ4v) is 2.35. The van der Waals surface area contributed by atoms with E-state index in [2.05, 4.69) is 15.6 Å². The molecule has 0 saturated heterocycles. The van der Waals surface area contributed by atoms with E-state index >= 15 is 0 Å². The van der Waals surface area contributed by atoms with Gasteiger partial charge >= 0.3 is 0 Å². The van der Waals surface area contributed by atoms with Crippen molar-refractivity contribution >= 4 is 11.8 Å². The summed E-state index contributed by atoms with van der Waals surface area (Å²) >= 11 is 0. The van der Waals surface area contributed by atoms with Crippen LogP contribution in [0.25, 0.3) is 0 Å². The first-order chi connectivity index (χ1) is 12.6. The third kappa shape index (κ3) is 3.88. The van der Waals surface area contributed by atoms with E-state index < -0.39 is 11.9 Å². The summed E-state index contributed by atoms with van der Waals surface area (Å²) in [6.45, 7) is 2.03. The fourth-order valence-electron chi connectivity index (χ4n) is 2.35. The number of hydrogen-bond donors (Lipinski definition) is 2. The first-order valence-corrected chi connectivity index (χ1v) is 8.10. The standard InChI is InChI=1S/C17H19N3O6/c1-3-11(16(21)18-2)20-17(22)12-7-24-15(19-12)8-23-10-4-5-13-14(6-10)26-9-25-13/h4-7,11H,3,8-9H2,1-2H3,(H,18,21)(H,20,22). The molecule has 1 aromatic heterocycles. The number of fused-ring (bicyclic) bond motifs is 1. The van der Waals surface area contributed by atoms with E-state index in [4.69, 9.17) is 18.6 Å². The normalized spacial score (nSPS) is 13.2.